The molecule has 2 aliphatic rings. The average Bonchev–Trinajstić information content (AvgIpc) is 3.01. The number of nitrogens with zero attached hydrogens (tertiary/aromatic N) is 1. The summed E-state index contributed by atoms with van der Waals surface area (Å²) >= 11 is 5.34. The Kier molecular flexibility index (Phi) is 7.87. The number of nitrogens with one attached hydrogen (secondary N) is 2. The Bertz CT molecular complexity index is 847. The van der Waals surface area contributed by atoms with Crippen LogP contribution in [0.5, 0.6) is 0 Å². The van der Waals surface area contributed by atoms with Gasteiger partial charge in [0.1, 0.15) is 0 Å². The van der Waals surface area contributed by atoms with Crippen LogP contribution in [0, 0.1) is 11.8 Å². The van der Waals surface area contributed by atoms with Crippen molar-refractivity contribution in [3.63, 3.8) is 0 Å². The Hall–Kier alpha value is -1.51. The summed E-state index contributed by atoms with van der Waals surface area (Å²) < 4.78 is 27.3. The van der Waals surface area contributed by atoms with E-state index >= 15 is 0 Å². The van der Waals surface area contributed by atoms with Crippen LogP contribution in [-0.4, -0.2) is 42.9 Å². The van der Waals surface area contributed by atoms with Crippen LogP contribution < -0.4 is 10.6 Å². The van der Waals surface area contributed by atoms with Crippen LogP contribution in [0.3, 0.4) is 0 Å². The van der Waals surface area contributed by atoms with E-state index in [1.54, 1.807) is 16.4 Å². The van der Waals surface area contributed by atoms with Crippen molar-refractivity contribution in [1.82, 2.24) is 14.9 Å². The number of hydrogen-bond acceptors (Lipinski definition) is 4. The molecule has 1 aromatic carbocycles. The van der Waals surface area contributed by atoms with Crippen LogP contribution in [0.1, 0.15) is 69.2 Å². The molecule has 6 nitrogen and oxygen atoms in total. The molecule has 8 heteroatoms. The maximum absolute atomic E-state index is 12.9. The average molecular weight is 452 g/mol. The lowest BCUT2D eigenvalue weighted by atomic mass is 9.78. The topological polar surface area (TPSA) is 78.5 Å². The lowest BCUT2D eigenvalue weighted by molar-refractivity contribution is 0.0975. The molecule has 0 radical (unpaired) electrons. The van der Waals surface area contributed by atoms with Crippen LogP contribution in [0.4, 0.5) is 0 Å². The van der Waals surface area contributed by atoms with Crippen LogP contribution in [-0.2, 0) is 10.0 Å². The van der Waals surface area contributed by atoms with Gasteiger partial charge in [-0.25, -0.2) is 8.42 Å². The number of hydrogen-bond donors (Lipinski definition) is 2. The molecule has 0 spiro atoms. The fourth-order valence-electron chi connectivity index (χ4n) is 4.37. The van der Waals surface area contributed by atoms with Gasteiger partial charge in [0.15, 0.2) is 5.11 Å². The predicted octanol–water partition coefficient (Wildman–Crippen LogP) is 3.68. The number of thiocarbonyl (C=S) groups is 1. The third-order valence-electron chi connectivity index (χ3n) is 6.57. The Morgan fingerprint density at radius 1 is 1.00 bits per heavy atom. The highest BCUT2D eigenvalue weighted by atomic mass is 32.2. The molecule has 0 bridgehead atoms. The highest BCUT2D eigenvalue weighted by Crippen LogP contribution is 2.29. The third-order valence-corrected chi connectivity index (χ3v) is 8.70. The molecule has 1 aromatic rings. The van der Waals surface area contributed by atoms with Gasteiger partial charge >= 0.3 is 0 Å². The largest absolute Gasteiger partial charge is 0.359 e. The lowest BCUT2D eigenvalue weighted by Crippen LogP contribution is -2.49. The summed E-state index contributed by atoms with van der Waals surface area (Å²) in [6.07, 6.45) is 7.35. The number of benzene rings is 1. The standard InChI is InChI=1S/C22H33N3O3S2/c1-16-8-7-9-20(17(16)2)23-22(29)24-21(26)18-10-12-19(13-11-18)30(27,28)25-14-5-3-4-6-15-25/h10-13,16-17,20H,3-9,14-15H2,1-2H3,(H2,23,24,26,29)/t16-,17+,20-/m1/s1. The third kappa shape index (κ3) is 5.59. The summed E-state index contributed by atoms with van der Waals surface area (Å²) in [7, 11) is -3.52. The van der Waals surface area contributed by atoms with Gasteiger partial charge in [-0.2, -0.15) is 4.31 Å². The molecule has 0 aromatic heterocycles. The smallest absolute Gasteiger partial charge is 0.257 e. The summed E-state index contributed by atoms with van der Waals surface area (Å²) in [6.45, 7) is 5.59. The Balaban J connectivity index is 1.60. The molecule has 0 unspecified atom stereocenters. The van der Waals surface area contributed by atoms with Gasteiger partial charge in [0.2, 0.25) is 10.0 Å². The zero-order valence-electron chi connectivity index (χ0n) is 17.9. The molecule has 1 heterocycles. The maximum Gasteiger partial charge on any atom is 0.257 e. The number of amides is 1. The molecule has 1 amide bonds. The van der Waals surface area contributed by atoms with E-state index in [-0.39, 0.29) is 16.8 Å². The first kappa shape index (κ1) is 23.2. The van der Waals surface area contributed by atoms with Crippen LogP contribution in [0.25, 0.3) is 0 Å². The first-order chi connectivity index (χ1) is 14.3. The highest BCUT2D eigenvalue weighted by molar-refractivity contribution is 7.89. The van der Waals surface area contributed by atoms with E-state index < -0.39 is 10.0 Å². The molecular formula is C22H33N3O3S2. The summed E-state index contributed by atoms with van der Waals surface area (Å²) in [6, 6.07) is 6.39. The molecule has 1 aliphatic carbocycles. The Morgan fingerprint density at radius 3 is 2.27 bits per heavy atom. The SMILES string of the molecule is C[C@H]1[C@H](C)CCC[C@H]1NC(=S)NC(=O)c1ccc(S(=O)(=O)N2CCCCCC2)cc1. The summed E-state index contributed by atoms with van der Waals surface area (Å²) in [5, 5.41) is 6.34. The second-order valence-electron chi connectivity index (χ2n) is 8.64. The highest BCUT2D eigenvalue weighted by Gasteiger charge is 2.28. The summed E-state index contributed by atoms with van der Waals surface area (Å²) in [5.74, 6) is 0.799. The van der Waals surface area contributed by atoms with Gasteiger partial charge < -0.3 is 5.32 Å². The van der Waals surface area contributed by atoms with Crippen LogP contribution in [0.15, 0.2) is 29.2 Å². The second-order valence-corrected chi connectivity index (χ2v) is 11.0. The van der Waals surface area contributed by atoms with Gasteiger partial charge in [-0.15, -0.1) is 0 Å². The second kappa shape index (κ2) is 10.2. The van der Waals surface area contributed by atoms with Gasteiger partial charge in [-0.05, 0) is 67.6 Å². The fraction of sp³-hybridized carbons (Fsp3) is 0.636. The van der Waals surface area contributed by atoms with Gasteiger partial charge in [0.05, 0.1) is 4.90 Å². The van der Waals surface area contributed by atoms with Crippen molar-refractivity contribution in [3.8, 4) is 0 Å². The molecular weight excluding hydrogens is 418 g/mol. The van der Waals surface area contributed by atoms with Crippen molar-refractivity contribution < 1.29 is 13.2 Å². The molecule has 1 saturated heterocycles. The quantitative estimate of drug-likeness (QED) is 0.683. The van der Waals surface area contributed by atoms with E-state index in [0.29, 0.717) is 35.6 Å². The maximum atomic E-state index is 12.9. The predicted molar refractivity (Wildman–Crippen MR) is 123 cm³/mol. The molecule has 2 N–H and O–H groups in total. The van der Waals surface area contributed by atoms with Gasteiger partial charge in [0.25, 0.3) is 5.91 Å². The molecule has 30 heavy (non-hydrogen) atoms. The van der Waals surface area contributed by atoms with Gasteiger partial charge in [0, 0.05) is 24.7 Å². The number of carbonyl (C=O) groups excluding carboxylic acids is 1. The summed E-state index contributed by atoms with van der Waals surface area (Å²) in [5.41, 5.74) is 0.388. The molecule has 3 rings (SSSR count). The van der Waals surface area contributed by atoms with Crippen molar-refractivity contribution >= 4 is 33.3 Å². The number of carbonyl (C=O) groups is 1. The van der Waals surface area contributed by atoms with Gasteiger partial charge in [-0.3, -0.25) is 10.1 Å². The first-order valence-corrected chi connectivity index (χ1v) is 12.9. The molecule has 3 atom stereocenters. The molecule has 2 fully saturated rings. The van der Waals surface area contributed by atoms with Crippen LogP contribution >= 0.6 is 12.2 Å². The van der Waals surface area contributed by atoms with Gasteiger partial charge in [-0.1, -0.05) is 39.5 Å². The first-order valence-electron chi connectivity index (χ1n) is 11.0. The number of rotatable bonds is 4. The van der Waals surface area contributed by atoms with E-state index in [1.165, 1.54) is 18.6 Å². The van der Waals surface area contributed by atoms with E-state index in [1.807, 2.05) is 0 Å². The van der Waals surface area contributed by atoms with Crippen molar-refractivity contribution in [2.24, 2.45) is 11.8 Å². The number of sulfonamides is 1. The minimum absolute atomic E-state index is 0.228. The molecule has 1 saturated carbocycles. The summed E-state index contributed by atoms with van der Waals surface area (Å²) in [4.78, 5) is 12.8. The minimum atomic E-state index is -3.52. The molecule has 1 aliphatic heterocycles. The minimum Gasteiger partial charge on any atom is -0.359 e. The van der Waals surface area contributed by atoms with E-state index in [4.69, 9.17) is 12.2 Å². The zero-order chi connectivity index (χ0) is 21.7. The van der Waals surface area contributed by atoms with E-state index in [9.17, 15) is 13.2 Å². The van der Waals surface area contributed by atoms with Crippen molar-refractivity contribution in [1.29, 1.82) is 0 Å². The Labute approximate surface area is 185 Å². The zero-order valence-corrected chi connectivity index (χ0v) is 19.5. The van der Waals surface area contributed by atoms with Crippen molar-refractivity contribution in [2.75, 3.05) is 13.1 Å². The van der Waals surface area contributed by atoms with Crippen molar-refractivity contribution in [3.05, 3.63) is 29.8 Å². The van der Waals surface area contributed by atoms with E-state index in [0.717, 1.165) is 38.5 Å². The molecule has 166 valence electrons. The van der Waals surface area contributed by atoms with Crippen LogP contribution in [0.2, 0.25) is 0 Å². The monoisotopic (exact) mass is 451 g/mol. The van der Waals surface area contributed by atoms with Crippen molar-refractivity contribution in [2.45, 2.75) is 69.7 Å². The van der Waals surface area contributed by atoms with E-state index in [2.05, 4.69) is 24.5 Å². The normalized spacial score (nSPS) is 25.9. The fourth-order valence-corrected chi connectivity index (χ4v) is 6.14. The lowest BCUT2D eigenvalue weighted by Gasteiger charge is -2.35. The Morgan fingerprint density at radius 2 is 1.63 bits per heavy atom.